The lowest BCUT2D eigenvalue weighted by Gasteiger charge is -2.20. The highest BCUT2D eigenvalue weighted by atomic mass is 32.2. The highest BCUT2D eigenvalue weighted by Crippen LogP contribution is 2.32. The van der Waals surface area contributed by atoms with Gasteiger partial charge in [-0.2, -0.15) is 10.0 Å². The zero-order valence-corrected chi connectivity index (χ0v) is 17.0. The van der Waals surface area contributed by atoms with Gasteiger partial charge < -0.3 is 4.57 Å². The van der Waals surface area contributed by atoms with E-state index in [1.54, 1.807) is 18.2 Å². The SMILES string of the molecule is CSC1=NN2C(=N)/C(=C/c3cc(C)n(-c4ccc(F)cc4)c3C)C(=O)N=C2S1. The number of nitrogens with one attached hydrogen (secondary N) is 1. The summed E-state index contributed by atoms with van der Waals surface area (Å²) < 4.78 is 16.0. The molecule has 6 nitrogen and oxygen atoms in total. The molecule has 28 heavy (non-hydrogen) atoms. The van der Waals surface area contributed by atoms with Crippen molar-refractivity contribution >= 4 is 50.9 Å². The van der Waals surface area contributed by atoms with E-state index in [1.807, 2.05) is 30.7 Å². The van der Waals surface area contributed by atoms with Crippen LogP contribution in [0.15, 0.2) is 46.0 Å². The van der Waals surface area contributed by atoms with Crippen LogP contribution in [0.4, 0.5) is 4.39 Å². The Hall–Kier alpha value is -2.65. The number of fused-ring (bicyclic) bond motifs is 1. The van der Waals surface area contributed by atoms with E-state index in [2.05, 4.69) is 10.1 Å². The Balaban J connectivity index is 1.75. The van der Waals surface area contributed by atoms with Gasteiger partial charge in [0.05, 0.1) is 5.57 Å². The van der Waals surface area contributed by atoms with Crippen molar-refractivity contribution in [3.8, 4) is 5.69 Å². The minimum atomic E-state index is -0.451. The number of hydrogen-bond acceptors (Lipinski definition) is 5. The number of amidine groups is 2. The number of halogens is 1. The minimum Gasteiger partial charge on any atom is -0.318 e. The zero-order chi connectivity index (χ0) is 20.0. The Bertz CT molecular complexity index is 1100. The van der Waals surface area contributed by atoms with E-state index in [9.17, 15) is 9.18 Å². The fraction of sp³-hybridized carbons (Fsp3) is 0.158. The molecule has 2 aliphatic heterocycles. The average Bonchev–Trinajstić information content (AvgIpc) is 3.20. The number of aliphatic imine (C=N–C) groups is 1. The molecule has 0 saturated heterocycles. The van der Waals surface area contributed by atoms with Crippen LogP contribution in [0.25, 0.3) is 11.8 Å². The molecule has 0 aliphatic carbocycles. The van der Waals surface area contributed by atoms with Gasteiger partial charge in [0.15, 0.2) is 10.2 Å². The van der Waals surface area contributed by atoms with Crippen LogP contribution in [0.2, 0.25) is 0 Å². The molecule has 0 radical (unpaired) electrons. The van der Waals surface area contributed by atoms with E-state index in [0.29, 0.717) is 5.17 Å². The van der Waals surface area contributed by atoms with E-state index in [-0.39, 0.29) is 17.2 Å². The van der Waals surface area contributed by atoms with Crippen molar-refractivity contribution in [2.24, 2.45) is 10.1 Å². The number of hydrogen-bond donors (Lipinski definition) is 1. The summed E-state index contributed by atoms with van der Waals surface area (Å²) in [5.41, 5.74) is 3.64. The Labute approximate surface area is 169 Å². The molecular weight excluding hydrogens is 397 g/mol. The maximum absolute atomic E-state index is 13.3. The van der Waals surface area contributed by atoms with Crippen LogP contribution >= 0.6 is 23.5 Å². The molecule has 0 saturated carbocycles. The molecule has 0 spiro atoms. The van der Waals surface area contributed by atoms with Gasteiger partial charge in [0.25, 0.3) is 5.91 Å². The second-order valence-electron chi connectivity index (χ2n) is 6.23. The fourth-order valence-electron chi connectivity index (χ4n) is 3.13. The second-order valence-corrected chi connectivity index (χ2v) is 8.24. The molecule has 1 amide bonds. The first-order valence-corrected chi connectivity index (χ1v) is 10.4. The number of thioether (sulfide) groups is 2. The number of aryl methyl sites for hydroxylation is 1. The van der Waals surface area contributed by atoms with E-state index >= 15 is 0 Å². The van der Waals surface area contributed by atoms with Crippen LogP contribution in [0.1, 0.15) is 17.0 Å². The maximum Gasteiger partial charge on any atom is 0.283 e. The summed E-state index contributed by atoms with van der Waals surface area (Å²) in [4.78, 5) is 16.6. The van der Waals surface area contributed by atoms with E-state index in [0.717, 1.165) is 27.0 Å². The molecular formula is C19H16FN5OS2. The fourth-order valence-corrected chi connectivity index (χ4v) is 4.48. The predicted octanol–water partition coefficient (Wildman–Crippen LogP) is 4.17. The van der Waals surface area contributed by atoms with Crippen LogP contribution in [-0.2, 0) is 4.79 Å². The summed E-state index contributed by atoms with van der Waals surface area (Å²) in [6.45, 7) is 3.86. The van der Waals surface area contributed by atoms with Gasteiger partial charge in [-0.25, -0.2) is 4.39 Å². The Morgan fingerprint density at radius 3 is 2.64 bits per heavy atom. The molecule has 4 rings (SSSR count). The summed E-state index contributed by atoms with van der Waals surface area (Å²) in [5.74, 6) is -0.733. The van der Waals surface area contributed by atoms with Gasteiger partial charge in [-0.1, -0.05) is 0 Å². The first-order chi connectivity index (χ1) is 13.4. The lowest BCUT2D eigenvalue weighted by molar-refractivity contribution is -0.114. The number of carbonyl (C=O) groups is 1. The Morgan fingerprint density at radius 2 is 1.96 bits per heavy atom. The zero-order valence-electron chi connectivity index (χ0n) is 15.4. The molecule has 0 atom stereocenters. The number of hydrazone groups is 1. The van der Waals surface area contributed by atoms with Crippen molar-refractivity contribution in [2.75, 3.05) is 6.26 Å². The van der Waals surface area contributed by atoms with Crippen molar-refractivity contribution in [3.63, 3.8) is 0 Å². The van der Waals surface area contributed by atoms with Crippen LogP contribution in [0.3, 0.4) is 0 Å². The summed E-state index contributed by atoms with van der Waals surface area (Å²) in [7, 11) is 0. The number of rotatable bonds is 2. The molecule has 1 N–H and O–H groups in total. The van der Waals surface area contributed by atoms with Crippen molar-refractivity contribution < 1.29 is 9.18 Å². The predicted molar refractivity (Wildman–Crippen MR) is 114 cm³/mol. The van der Waals surface area contributed by atoms with Crippen LogP contribution < -0.4 is 0 Å². The van der Waals surface area contributed by atoms with Gasteiger partial charge >= 0.3 is 0 Å². The standard InChI is InChI=1S/C19H16FN5OS2/c1-10-8-12(11(2)24(10)14-6-4-13(20)5-7-14)9-15-16(21)25-18(22-17(15)26)28-19(23-25)27-3/h4-9,21H,1-3H3/b15-9-,21-16?. The number of amides is 1. The molecule has 142 valence electrons. The van der Waals surface area contributed by atoms with Crippen molar-refractivity contribution in [2.45, 2.75) is 13.8 Å². The Kier molecular flexibility index (Phi) is 4.72. The van der Waals surface area contributed by atoms with Gasteiger partial charge in [-0.05, 0) is 73.8 Å². The van der Waals surface area contributed by atoms with Crippen LogP contribution in [0.5, 0.6) is 0 Å². The van der Waals surface area contributed by atoms with Gasteiger partial charge in [0.1, 0.15) is 5.82 Å². The van der Waals surface area contributed by atoms with Gasteiger partial charge in [-0.3, -0.25) is 10.2 Å². The summed E-state index contributed by atoms with van der Waals surface area (Å²) in [6.07, 6.45) is 3.56. The molecule has 1 aromatic heterocycles. The monoisotopic (exact) mass is 413 g/mol. The highest BCUT2D eigenvalue weighted by molar-refractivity contribution is 8.45. The molecule has 9 heteroatoms. The minimum absolute atomic E-state index is 0.0122. The number of aromatic nitrogens is 1. The lowest BCUT2D eigenvalue weighted by atomic mass is 10.1. The molecule has 0 fully saturated rings. The molecule has 1 aromatic carbocycles. The second kappa shape index (κ2) is 7.06. The maximum atomic E-state index is 13.3. The van der Waals surface area contributed by atoms with Crippen LogP contribution in [0, 0.1) is 25.1 Å². The third-order valence-electron chi connectivity index (χ3n) is 4.47. The molecule has 2 aliphatic rings. The smallest absolute Gasteiger partial charge is 0.283 e. The number of nitrogens with zero attached hydrogens (tertiary/aromatic N) is 4. The topological polar surface area (TPSA) is 73.8 Å². The largest absolute Gasteiger partial charge is 0.318 e. The molecule has 0 unspecified atom stereocenters. The first kappa shape index (κ1) is 18.7. The van der Waals surface area contributed by atoms with Gasteiger partial charge in [-0.15, -0.1) is 16.9 Å². The third kappa shape index (κ3) is 3.10. The highest BCUT2D eigenvalue weighted by Gasteiger charge is 2.35. The van der Waals surface area contributed by atoms with Crippen molar-refractivity contribution in [1.82, 2.24) is 9.58 Å². The lowest BCUT2D eigenvalue weighted by Crippen LogP contribution is -2.35. The van der Waals surface area contributed by atoms with Gasteiger partial charge in [0.2, 0.25) is 5.17 Å². The Morgan fingerprint density at radius 1 is 1.25 bits per heavy atom. The third-order valence-corrected chi connectivity index (χ3v) is 6.35. The number of benzene rings is 1. The van der Waals surface area contributed by atoms with Crippen molar-refractivity contribution in [3.05, 3.63) is 58.7 Å². The normalized spacial score (nSPS) is 17.9. The summed E-state index contributed by atoms with van der Waals surface area (Å²) in [5, 5.41) is 14.5. The summed E-state index contributed by atoms with van der Waals surface area (Å²) in [6, 6.07) is 8.17. The summed E-state index contributed by atoms with van der Waals surface area (Å²) >= 11 is 2.73. The van der Waals surface area contributed by atoms with E-state index in [1.165, 1.54) is 40.7 Å². The van der Waals surface area contributed by atoms with Crippen LogP contribution in [-0.4, -0.2) is 37.1 Å². The average molecular weight is 414 g/mol. The first-order valence-electron chi connectivity index (χ1n) is 8.38. The molecule has 3 heterocycles. The molecule has 0 bridgehead atoms. The molecule has 2 aromatic rings. The van der Waals surface area contributed by atoms with Crippen molar-refractivity contribution in [1.29, 1.82) is 5.41 Å². The van der Waals surface area contributed by atoms with Gasteiger partial charge in [0, 0.05) is 17.1 Å². The van der Waals surface area contributed by atoms with E-state index < -0.39 is 5.91 Å². The van der Waals surface area contributed by atoms with E-state index in [4.69, 9.17) is 5.41 Å². The quantitative estimate of drug-likeness (QED) is 0.750. The number of carbonyl (C=O) groups excluding carboxylic acids is 1.